The van der Waals surface area contributed by atoms with Crippen LogP contribution in [0.2, 0.25) is 0 Å². The Morgan fingerprint density at radius 3 is 2.81 bits per heavy atom. The molecule has 0 bridgehead atoms. The first-order chi connectivity index (χ1) is 10.2. The molecule has 1 aromatic heterocycles. The number of alkyl halides is 2. The van der Waals surface area contributed by atoms with E-state index in [2.05, 4.69) is 25.2 Å². The van der Waals surface area contributed by atoms with Crippen molar-refractivity contribution in [2.24, 2.45) is 0 Å². The Morgan fingerprint density at radius 1 is 1.29 bits per heavy atom. The zero-order valence-electron chi connectivity index (χ0n) is 11.5. The van der Waals surface area contributed by atoms with Crippen LogP contribution in [0, 0.1) is 0 Å². The molecule has 2 N–H and O–H groups in total. The van der Waals surface area contributed by atoms with Crippen molar-refractivity contribution < 1.29 is 18.3 Å². The molecule has 0 aliphatic carbocycles. The maximum absolute atomic E-state index is 12.3. The van der Waals surface area contributed by atoms with Gasteiger partial charge in [0.05, 0.1) is 13.2 Å². The van der Waals surface area contributed by atoms with Gasteiger partial charge >= 0.3 is 6.61 Å². The van der Waals surface area contributed by atoms with E-state index in [9.17, 15) is 8.78 Å². The summed E-state index contributed by atoms with van der Waals surface area (Å²) in [6, 6.07) is 4.85. The van der Waals surface area contributed by atoms with Gasteiger partial charge in [-0.1, -0.05) is 6.07 Å². The number of aromatic amines is 1. The number of hydrogen-bond donors (Lipinski definition) is 2. The third kappa shape index (κ3) is 4.67. The van der Waals surface area contributed by atoms with Gasteiger partial charge in [-0.3, -0.25) is 5.10 Å². The van der Waals surface area contributed by atoms with E-state index >= 15 is 0 Å². The number of benzene rings is 1. The highest BCUT2D eigenvalue weighted by Crippen LogP contribution is 2.29. The molecular weight excluding hydrogens is 282 g/mol. The van der Waals surface area contributed by atoms with E-state index in [1.165, 1.54) is 12.4 Å². The van der Waals surface area contributed by atoms with Crippen molar-refractivity contribution in [3.8, 4) is 11.5 Å². The summed E-state index contributed by atoms with van der Waals surface area (Å²) in [7, 11) is 0. The predicted octanol–water partition coefficient (Wildman–Crippen LogP) is 2.09. The van der Waals surface area contributed by atoms with Crippen LogP contribution in [0.3, 0.4) is 0 Å². The number of hydrogen-bond acceptors (Lipinski definition) is 5. The van der Waals surface area contributed by atoms with E-state index in [4.69, 9.17) is 4.74 Å². The molecule has 0 saturated heterocycles. The van der Waals surface area contributed by atoms with E-state index in [0.29, 0.717) is 25.4 Å². The van der Waals surface area contributed by atoms with Crippen LogP contribution in [0.4, 0.5) is 8.78 Å². The summed E-state index contributed by atoms with van der Waals surface area (Å²) in [4.78, 5) is 3.98. The standard InChI is InChI=1S/C13H16F2N4O2/c1-2-20-11-5-9(3-4-10(11)21-13(14)15)6-16-7-12-17-8-18-19-12/h3-5,8,13,16H,2,6-7H2,1H3,(H,17,18,19). The molecule has 0 spiro atoms. The second-order valence-electron chi connectivity index (χ2n) is 4.13. The summed E-state index contributed by atoms with van der Waals surface area (Å²) in [5.74, 6) is 1.06. The van der Waals surface area contributed by atoms with Gasteiger partial charge in [0.15, 0.2) is 11.5 Å². The van der Waals surface area contributed by atoms with Crippen LogP contribution in [-0.4, -0.2) is 28.4 Å². The Kier molecular flexibility index (Phi) is 5.44. The Hall–Kier alpha value is -2.22. The Balaban J connectivity index is 1.97. The maximum Gasteiger partial charge on any atom is 0.387 e. The number of aromatic nitrogens is 3. The summed E-state index contributed by atoms with van der Waals surface area (Å²) >= 11 is 0. The summed E-state index contributed by atoms with van der Waals surface area (Å²) in [5.41, 5.74) is 0.889. The van der Waals surface area contributed by atoms with Crippen LogP contribution >= 0.6 is 0 Å². The SMILES string of the molecule is CCOc1cc(CNCc2ncn[nH]2)ccc1OC(F)F. The van der Waals surface area contributed by atoms with Gasteiger partial charge in [-0.15, -0.1) is 0 Å². The van der Waals surface area contributed by atoms with Crippen LogP contribution in [0.25, 0.3) is 0 Å². The van der Waals surface area contributed by atoms with Crippen molar-refractivity contribution in [2.75, 3.05) is 6.61 Å². The topological polar surface area (TPSA) is 72.1 Å². The molecule has 0 atom stereocenters. The fourth-order valence-corrected chi connectivity index (χ4v) is 1.77. The van der Waals surface area contributed by atoms with Gasteiger partial charge in [0.25, 0.3) is 0 Å². The molecule has 0 unspecified atom stereocenters. The quantitative estimate of drug-likeness (QED) is 0.781. The van der Waals surface area contributed by atoms with Crippen molar-refractivity contribution >= 4 is 0 Å². The van der Waals surface area contributed by atoms with E-state index in [1.54, 1.807) is 19.1 Å². The predicted molar refractivity (Wildman–Crippen MR) is 71.2 cm³/mol. The Morgan fingerprint density at radius 2 is 2.14 bits per heavy atom. The fraction of sp³-hybridized carbons (Fsp3) is 0.385. The molecule has 21 heavy (non-hydrogen) atoms. The normalized spacial score (nSPS) is 10.9. The largest absolute Gasteiger partial charge is 0.490 e. The number of ether oxygens (including phenoxy) is 2. The molecule has 1 heterocycles. The minimum absolute atomic E-state index is 0.0332. The highest BCUT2D eigenvalue weighted by molar-refractivity contribution is 5.43. The first kappa shape index (κ1) is 15.2. The summed E-state index contributed by atoms with van der Waals surface area (Å²) in [6.45, 7) is 0.337. The smallest absolute Gasteiger partial charge is 0.387 e. The molecule has 0 amide bonds. The molecule has 8 heteroatoms. The van der Waals surface area contributed by atoms with Gasteiger partial charge in [0, 0.05) is 6.54 Å². The highest BCUT2D eigenvalue weighted by Gasteiger charge is 2.11. The van der Waals surface area contributed by atoms with Gasteiger partial charge < -0.3 is 14.8 Å². The molecule has 6 nitrogen and oxygen atoms in total. The van der Waals surface area contributed by atoms with Crippen LogP contribution in [0.5, 0.6) is 11.5 Å². The fourth-order valence-electron chi connectivity index (χ4n) is 1.77. The number of halogens is 2. The summed E-state index contributed by atoms with van der Waals surface area (Å²) in [6.07, 6.45) is 1.43. The lowest BCUT2D eigenvalue weighted by Gasteiger charge is -2.13. The molecule has 0 fully saturated rings. The van der Waals surface area contributed by atoms with E-state index in [0.717, 1.165) is 11.4 Å². The van der Waals surface area contributed by atoms with Crippen LogP contribution in [0.15, 0.2) is 24.5 Å². The molecule has 0 saturated carbocycles. The second-order valence-corrected chi connectivity index (χ2v) is 4.13. The van der Waals surface area contributed by atoms with Gasteiger partial charge in [0.2, 0.25) is 0 Å². The molecular formula is C13H16F2N4O2. The number of nitrogens with zero attached hydrogens (tertiary/aromatic N) is 2. The van der Waals surface area contributed by atoms with Gasteiger partial charge in [-0.2, -0.15) is 13.9 Å². The second kappa shape index (κ2) is 7.53. The Labute approximate surface area is 120 Å². The first-order valence-electron chi connectivity index (χ1n) is 6.44. The van der Waals surface area contributed by atoms with E-state index < -0.39 is 6.61 Å². The molecule has 0 aliphatic rings. The number of nitrogens with one attached hydrogen (secondary N) is 2. The van der Waals surface area contributed by atoms with Crippen molar-refractivity contribution in [3.63, 3.8) is 0 Å². The molecule has 0 radical (unpaired) electrons. The van der Waals surface area contributed by atoms with Crippen molar-refractivity contribution in [1.82, 2.24) is 20.5 Å². The number of H-pyrrole nitrogens is 1. The minimum Gasteiger partial charge on any atom is -0.490 e. The van der Waals surface area contributed by atoms with E-state index in [1.807, 2.05) is 0 Å². The summed E-state index contributed by atoms with van der Waals surface area (Å²) < 4.78 is 34.3. The average Bonchev–Trinajstić information content (AvgIpc) is 2.94. The number of rotatable bonds is 8. The zero-order valence-corrected chi connectivity index (χ0v) is 11.5. The van der Waals surface area contributed by atoms with Crippen LogP contribution in [0.1, 0.15) is 18.3 Å². The van der Waals surface area contributed by atoms with E-state index in [-0.39, 0.29) is 5.75 Å². The molecule has 1 aromatic carbocycles. The van der Waals surface area contributed by atoms with Gasteiger partial charge in [-0.25, -0.2) is 4.98 Å². The van der Waals surface area contributed by atoms with Gasteiger partial charge in [0.1, 0.15) is 12.2 Å². The lowest BCUT2D eigenvalue weighted by atomic mass is 10.2. The Bertz CT molecular complexity index is 549. The lowest BCUT2D eigenvalue weighted by Crippen LogP contribution is -2.14. The average molecular weight is 298 g/mol. The minimum atomic E-state index is -2.88. The molecule has 2 rings (SSSR count). The van der Waals surface area contributed by atoms with Crippen LogP contribution < -0.4 is 14.8 Å². The van der Waals surface area contributed by atoms with Crippen LogP contribution in [-0.2, 0) is 13.1 Å². The molecule has 114 valence electrons. The van der Waals surface area contributed by atoms with Crippen molar-refractivity contribution in [1.29, 1.82) is 0 Å². The monoisotopic (exact) mass is 298 g/mol. The van der Waals surface area contributed by atoms with Crippen molar-refractivity contribution in [2.45, 2.75) is 26.6 Å². The van der Waals surface area contributed by atoms with Crippen molar-refractivity contribution in [3.05, 3.63) is 35.9 Å². The summed E-state index contributed by atoms with van der Waals surface area (Å²) in [5, 5.41) is 9.63. The maximum atomic E-state index is 12.3. The third-order valence-corrected chi connectivity index (χ3v) is 2.61. The third-order valence-electron chi connectivity index (χ3n) is 2.61. The lowest BCUT2D eigenvalue weighted by molar-refractivity contribution is -0.0514. The van der Waals surface area contributed by atoms with Gasteiger partial charge in [-0.05, 0) is 24.6 Å². The first-order valence-corrected chi connectivity index (χ1v) is 6.44. The molecule has 0 aliphatic heterocycles. The molecule has 2 aromatic rings. The highest BCUT2D eigenvalue weighted by atomic mass is 19.3. The zero-order chi connectivity index (χ0) is 15.1.